The Kier molecular flexibility index (Phi) is 3.67. The molecule has 3 aliphatic heterocycles. The zero-order chi connectivity index (χ0) is 14.1. The van der Waals surface area contributed by atoms with Crippen LogP contribution in [0.5, 0.6) is 0 Å². The topological polar surface area (TPSA) is 53.6 Å². The molecule has 0 aromatic heterocycles. The van der Waals surface area contributed by atoms with Gasteiger partial charge in [-0.15, -0.1) is 0 Å². The lowest BCUT2D eigenvalue weighted by Gasteiger charge is -2.29. The lowest BCUT2D eigenvalue weighted by Crippen LogP contribution is -2.52. The maximum atomic E-state index is 13.7. The van der Waals surface area contributed by atoms with E-state index in [4.69, 9.17) is 16.3 Å². The van der Waals surface area contributed by atoms with Crippen molar-refractivity contribution in [2.45, 2.75) is 25.0 Å². The Morgan fingerprint density at radius 2 is 2.25 bits per heavy atom. The third kappa shape index (κ3) is 2.41. The number of halogens is 2. The van der Waals surface area contributed by atoms with Crippen LogP contribution in [0.1, 0.15) is 12.8 Å². The van der Waals surface area contributed by atoms with Gasteiger partial charge in [0, 0.05) is 25.5 Å². The van der Waals surface area contributed by atoms with Gasteiger partial charge in [-0.25, -0.2) is 4.39 Å². The summed E-state index contributed by atoms with van der Waals surface area (Å²) in [6.45, 7) is 1.29. The molecule has 0 aliphatic carbocycles. The van der Waals surface area contributed by atoms with Gasteiger partial charge in [0.1, 0.15) is 16.7 Å². The van der Waals surface area contributed by atoms with Crippen LogP contribution in [0.3, 0.4) is 0 Å². The van der Waals surface area contributed by atoms with Gasteiger partial charge >= 0.3 is 0 Å². The van der Waals surface area contributed by atoms with E-state index in [0.29, 0.717) is 13.2 Å². The van der Waals surface area contributed by atoms with Gasteiger partial charge in [0.25, 0.3) is 5.91 Å². The molecule has 20 heavy (non-hydrogen) atoms. The van der Waals surface area contributed by atoms with Crippen molar-refractivity contribution in [2.24, 2.45) is 0 Å². The summed E-state index contributed by atoms with van der Waals surface area (Å²) in [5.41, 5.74) is 0.210. The number of amides is 1. The smallest absolute Gasteiger partial charge is 0.264 e. The van der Waals surface area contributed by atoms with Crippen molar-refractivity contribution >= 4 is 17.5 Å². The van der Waals surface area contributed by atoms with E-state index in [1.165, 1.54) is 11.0 Å². The number of hydrogen-bond acceptors (Lipinski definition) is 4. The maximum absolute atomic E-state index is 13.7. The first kappa shape index (κ1) is 13.5. The second kappa shape index (κ2) is 5.46. The first-order valence-corrected chi connectivity index (χ1v) is 6.92. The van der Waals surface area contributed by atoms with E-state index in [-0.39, 0.29) is 22.8 Å². The minimum Gasteiger partial charge on any atom is -0.381 e. The van der Waals surface area contributed by atoms with Gasteiger partial charge in [0.2, 0.25) is 0 Å². The largest absolute Gasteiger partial charge is 0.381 e. The predicted octanol–water partition coefficient (Wildman–Crippen LogP) is 1.30. The lowest BCUT2D eigenvalue weighted by atomic mass is 10.1. The molecule has 1 unspecified atom stereocenters. The first-order valence-electron chi connectivity index (χ1n) is 6.54. The number of carbonyl (C=O) groups is 1. The normalized spacial score (nSPS) is 26.2. The molecule has 5 nitrogen and oxygen atoms in total. The summed E-state index contributed by atoms with van der Waals surface area (Å²) in [5, 5.41) is 5.90. The molecule has 3 aliphatic rings. The van der Waals surface area contributed by atoms with Gasteiger partial charge in [0.05, 0.1) is 0 Å². The highest BCUT2D eigenvalue weighted by Crippen LogP contribution is 2.32. The summed E-state index contributed by atoms with van der Waals surface area (Å²) in [4.78, 5) is 13.8. The minimum absolute atomic E-state index is 0.0926. The highest BCUT2D eigenvalue weighted by Gasteiger charge is 2.38. The molecule has 0 spiro atoms. The summed E-state index contributed by atoms with van der Waals surface area (Å²) in [6.07, 6.45) is 5.36. The SMILES string of the molecule is O=C(NC1CCOCC1)C1NC(Cl)=C2C(F)=CC=CN21. The monoisotopic (exact) mass is 299 g/mol. The molecule has 2 N–H and O–H groups in total. The molecule has 1 amide bonds. The van der Waals surface area contributed by atoms with Crippen LogP contribution in [0.2, 0.25) is 0 Å². The van der Waals surface area contributed by atoms with E-state index >= 15 is 0 Å². The third-order valence-corrected chi connectivity index (χ3v) is 3.83. The summed E-state index contributed by atoms with van der Waals surface area (Å²) >= 11 is 5.97. The molecule has 3 heterocycles. The van der Waals surface area contributed by atoms with Gasteiger partial charge in [-0.3, -0.25) is 4.79 Å². The highest BCUT2D eigenvalue weighted by atomic mass is 35.5. The van der Waals surface area contributed by atoms with Crippen LogP contribution in [-0.4, -0.2) is 36.2 Å². The maximum Gasteiger partial charge on any atom is 0.264 e. The molecule has 1 fully saturated rings. The van der Waals surface area contributed by atoms with Crippen molar-refractivity contribution in [3.8, 4) is 0 Å². The Labute approximate surface area is 121 Å². The average Bonchev–Trinajstić information content (AvgIpc) is 2.79. The van der Waals surface area contributed by atoms with Crippen LogP contribution in [0.25, 0.3) is 0 Å². The number of fused-ring (bicyclic) bond motifs is 1. The zero-order valence-electron chi connectivity index (χ0n) is 10.7. The van der Waals surface area contributed by atoms with Crippen molar-refractivity contribution in [1.29, 1.82) is 0 Å². The molecule has 0 radical (unpaired) electrons. The fraction of sp³-hybridized carbons (Fsp3) is 0.462. The molecule has 0 aromatic carbocycles. The highest BCUT2D eigenvalue weighted by molar-refractivity contribution is 6.30. The quantitative estimate of drug-likeness (QED) is 0.755. The average molecular weight is 300 g/mol. The number of carbonyl (C=O) groups excluding carboxylic acids is 1. The molecule has 108 valence electrons. The van der Waals surface area contributed by atoms with Crippen LogP contribution in [-0.2, 0) is 9.53 Å². The van der Waals surface area contributed by atoms with Gasteiger partial charge in [-0.2, -0.15) is 0 Å². The standard InChI is InChI=1S/C13H15ClFN3O2/c14-11-10-9(15)2-1-5-18(10)12(17-11)13(19)16-8-3-6-20-7-4-8/h1-2,5,8,12,17H,3-4,6-7H2,(H,16,19). The molecule has 7 heteroatoms. The van der Waals surface area contributed by atoms with Gasteiger partial charge in [0.15, 0.2) is 6.17 Å². The van der Waals surface area contributed by atoms with E-state index in [1.807, 2.05) is 0 Å². The zero-order valence-corrected chi connectivity index (χ0v) is 11.5. The summed E-state index contributed by atoms with van der Waals surface area (Å²) in [6, 6.07) is 0.0926. The van der Waals surface area contributed by atoms with Crippen molar-refractivity contribution in [3.63, 3.8) is 0 Å². The number of hydrogen-bond donors (Lipinski definition) is 2. The second-order valence-corrected chi connectivity index (χ2v) is 5.25. The fourth-order valence-corrected chi connectivity index (χ4v) is 2.79. The number of nitrogens with zero attached hydrogens (tertiary/aromatic N) is 1. The molecule has 1 saturated heterocycles. The first-order chi connectivity index (χ1) is 9.66. The van der Waals surface area contributed by atoms with Crippen molar-refractivity contribution in [3.05, 3.63) is 35.0 Å². The summed E-state index contributed by atoms with van der Waals surface area (Å²) in [5.74, 6) is -0.671. The third-order valence-electron chi connectivity index (χ3n) is 3.54. The Hall–Kier alpha value is -1.53. The summed E-state index contributed by atoms with van der Waals surface area (Å²) < 4.78 is 19.0. The molecule has 0 aromatic rings. The summed E-state index contributed by atoms with van der Waals surface area (Å²) in [7, 11) is 0. The Bertz CT molecular complexity index is 512. The van der Waals surface area contributed by atoms with E-state index in [2.05, 4.69) is 10.6 Å². The van der Waals surface area contributed by atoms with Crippen LogP contribution in [0.4, 0.5) is 4.39 Å². The van der Waals surface area contributed by atoms with Crippen molar-refractivity contribution in [1.82, 2.24) is 15.5 Å². The molecular formula is C13H15ClFN3O2. The van der Waals surface area contributed by atoms with Gasteiger partial charge < -0.3 is 20.3 Å². The molecular weight excluding hydrogens is 285 g/mol. The Morgan fingerprint density at radius 1 is 1.50 bits per heavy atom. The second-order valence-electron chi connectivity index (χ2n) is 4.87. The fourth-order valence-electron chi connectivity index (χ4n) is 2.50. The number of nitrogens with one attached hydrogen (secondary N) is 2. The van der Waals surface area contributed by atoms with E-state index in [1.54, 1.807) is 12.3 Å². The number of rotatable bonds is 2. The molecule has 0 saturated carbocycles. The predicted molar refractivity (Wildman–Crippen MR) is 72.0 cm³/mol. The number of ether oxygens (including phenoxy) is 1. The minimum atomic E-state index is -0.712. The Morgan fingerprint density at radius 3 is 3.00 bits per heavy atom. The molecule has 0 bridgehead atoms. The molecule has 3 rings (SSSR count). The van der Waals surface area contributed by atoms with Crippen LogP contribution in [0, 0.1) is 0 Å². The number of allylic oxidation sites excluding steroid dienone is 3. The van der Waals surface area contributed by atoms with Crippen molar-refractivity contribution in [2.75, 3.05) is 13.2 Å². The van der Waals surface area contributed by atoms with E-state index in [0.717, 1.165) is 12.8 Å². The Balaban J connectivity index is 1.68. The van der Waals surface area contributed by atoms with Crippen LogP contribution >= 0.6 is 11.6 Å². The van der Waals surface area contributed by atoms with Gasteiger partial charge in [-0.1, -0.05) is 11.6 Å². The van der Waals surface area contributed by atoms with Gasteiger partial charge in [-0.05, 0) is 25.0 Å². The van der Waals surface area contributed by atoms with Crippen molar-refractivity contribution < 1.29 is 13.9 Å². The van der Waals surface area contributed by atoms with Crippen LogP contribution in [0.15, 0.2) is 35.0 Å². The lowest BCUT2D eigenvalue weighted by molar-refractivity contribution is -0.126. The molecule has 1 atom stereocenters. The van der Waals surface area contributed by atoms with E-state index in [9.17, 15) is 9.18 Å². The van der Waals surface area contributed by atoms with E-state index < -0.39 is 12.0 Å². The van der Waals surface area contributed by atoms with Crippen LogP contribution < -0.4 is 10.6 Å².